The minimum Gasteiger partial charge on any atom is -0.313 e. The molecular weight excluding hydrogens is 253 g/mol. The van der Waals surface area contributed by atoms with E-state index in [2.05, 4.69) is 17.3 Å². The monoisotopic (exact) mass is 275 g/mol. The lowest BCUT2D eigenvalue weighted by Crippen LogP contribution is -2.13. The van der Waals surface area contributed by atoms with Gasteiger partial charge in [-0.15, -0.1) is 0 Å². The summed E-state index contributed by atoms with van der Waals surface area (Å²) in [5.41, 5.74) is 3.47. The Hall–Kier alpha value is -1.68. The van der Waals surface area contributed by atoms with E-state index in [0.717, 1.165) is 42.9 Å². The highest BCUT2D eigenvalue weighted by Crippen LogP contribution is 2.26. The van der Waals surface area contributed by atoms with Crippen molar-refractivity contribution < 1.29 is 4.39 Å². The molecule has 2 aromatic rings. The molecule has 0 saturated carbocycles. The molecule has 3 nitrogen and oxygen atoms in total. The van der Waals surface area contributed by atoms with Gasteiger partial charge in [-0.05, 0) is 44.5 Å². The zero-order valence-electron chi connectivity index (χ0n) is 12.4. The second-order valence-electron chi connectivity index (χ2n) is 4.97. The van der Waals surface area contributed by atoms with Crippen molar-refractivity contribution in [1.29, 1.82) is 0 Å². The first kappa shape index (κ1) is 14.7. The number of halogens is 1. The maximum atomic E-state index is 14.1. The lowest BCUT2D eigenvalue weighted by molar-refractivity contribution is 0.627. The normalized spacial score (nSPS) is 11.0. The zero-order chi connectivity index (χ0) is 14.5. The molecule has 1 N–H and O–H groups in total. The molecule has 1 heterocycles. The summed E-state index contributed by atoms with van der Waals surface area (Å²) >= 11 is 0. The molecule has 20 heavy (non-hydrogen) atoms. The van der Waals surface area contributed by atoms with Crippen LogP contribution in [0.25, 0.3) is 11.1 Å². The minimum absolute atomic E-state index is 0.192. The van der Waals surface area contributed by atoms with Crippen LogP contribution in [0.3, 0.4) is 0 Å². The number of aryl methyl sites for hydroxylation is 2. The van der Waals surface area contributed by atoms with Gasteiger partial charge in [0.2, 0.25) is 0 Å². The van der Waals surface area contributed by atoms with Crippen molar-refractivity contribution in [3.63, 3.8) is 0 Å². The van der Waals surface area contributed by atoms with Crippen LogP contribution in [0.4, 0.5) is 4.39 Å². The average molecular weight is 275 g/mol. The number of rotatable bonds is 6. The van der Waals surface area contributed by atoms with Crippen LogP contribution in [0.5, 0.6) is 0 Å². The second-order valence-corrected chi connectivity index (χ2v) is 4.97. The van der Waals surface area contributed by atoms with Gasteiger partial charge in [0, 0.05) is 30.4 Å². The van der Waals surface area contributed by atoms with Crippen LogP contribution in [0.1, 0.15) is 31.5 Å². The van der Waals surface area contributed by atoms with Crippen LogP contribution < -0.4 is 5.32 Å². The van der Waals surface area contributed by atoms with Crippen LogP contribution >= 0.6 is 0 Å². The molecular formula is C16H22FN3. The lowest BCUT2D eigenvalue weighted by Gasteiger charge is -2.07. The van der Waals surface area contributed by atoms with Gasteiger partial charge in [0.15, 0.2) is 0 Å². The molecule has 2 rings (SSSR count). The summed E-state index contributed by atoms with van der Waals surface area (Å²) in [6.45, 7) is 8.61. The van der Waals surface area contributed by atoms with Crippen LogP contribution in [0.15, 0.2) is 24.4 Å². The SMILES string of the molecule is CCCNCc1ccc(F)c(-c2cn(CC)nc2C)c1. The van der Waals surface area contributed by atoms with Crippen molar-refractivity contribution in [2.45, 2.75) is 40.3 Å². The highest BCUT2D eigenvalue weighted by atomic mass is 19.1. The Morgan fingerprint density at radius 3 is 2.70 bits per heavy atom. The topological polar surface area (TPSA) is 29.9 Å². The lowest BCUT2D eigenvalue weighted by atomic mass is 10.0. The van der Waals surface area contributed by atoms with Crippen LogP contribution in [0, 0.1) is 12.7 Å². The third-order valence-corrected chi connectivity index (χ3v) is 3.35. The summed E-state index contributed by atoms with van der Waals surface area (Å²) in [6.07, 6.45) is 3.01. The number of hydrogen-bond donors (Lipinski definition) is 1. The van der Waals surface area contributed by atoms with E-state index in [9.17, 15) is 4.39 Å². The highest BCUT2D eigenvalue weighted by molar-refractivity contribution is 5.66. The Kier molecular flexibility index (Phi) is 4.90. The Balaban J connectivity index is 2.29. The Bertz CT molecular complexity index is 575. The molecule has 1 aromatic heterocycles. The van der Waals surface area contributed by atoms with E-state index in [4.69, 9.17) is 0 Å². The summed E-state index contributed by atoms with van der Waals surface area (Å²) in [5, 5.41) is 7.72. The molecule has 0 aliphatic heterocycles. The zero-order valence-corrected chi connectivity index (χ0v) is 12.4. The predicted octanol–water partition coefficient (Wildman–Crippen LogP) is 3.52. The van der Waals surface area contributed by atoms with Crippen molar-refractivity contribution in [3.8, 4) is 11.1 Å². The molecule has 0 bridgehead atoms. The molecule has 108 valence electrons. The summed E-state index contributed by atoms with van der Waals surface area (Å²) in [5.74, 6) is -0.192. The van der Waals surface area contributed by atoms with E-state index in [-0.39, 0.29) is 5.82 Å². The maximum Gasteiger partial charge on any atom is 0.131 e. The number of aromatic nitrogens is 2. The van der Waals surface area contributed by atoms with Gasteiger partial charge in [-0.2, -0.15) is 5.10 Å². The molecule has 1 aromatic carbocycles. The molecule has 0 atom stereocenters. The van der Waals surface area contributed by atoms with Crippen molar-refractivity contribution in [2.24, 2.45) is 0 Å². The average Bonchev–Trinajstić information content (AvgIpc) is 2.82. The van der Waals surface area contributed by atoms with E-state index >= 15 is 0 Å². The van der Waals surface area contributed by atoms with Crippen molar-refractivity contribution in [3.05, 3.63) is 41.5 Å². The Labute approximate surface area is 119 Å². The number of hydrogen-bond acceptors (Lipinski definition) is 2. The van der Waals surface area contributed by atoms with E-state index in [0.29, 0.717) is 5.56 Å². The smallest absolute Gasteiger partial charge is 0.131 e. The van der Waals surface area contributed by atoms with Gasteiger partial charge in [-0.25, -0.2) is 4.39 Å². The van der Waals surface area contributed by atoms with E-state index in [1.54, 1.807) is 6.07 Å². The molecule has 0 amide bonds. The van der Waals surface area contributed by atoms with E-state index < -0.39 is 0 Å². The first-order valence-electron chi connectivity index (χ1n) is 7.19. The molecule has 0 spiro atoms. The summed E-state index contributed by atoms with van der Waals surface area (Å²) < 4.78 is 15.9. The summed E-state index contributed by atoms with van der Waals surface area (Å²) in [7, 11) is 0. The van der Waals surface area contributed by atoms with Gasteiger partial charge < -0.3 is 5.32 Å². The molecule has 0 aliphatic carbocycles. The first-order chi connectivity index (χ1) is 9.65. The molecule has 0 aliphatic rings. The standard InChI is InChI=1S/C16H22FN3/c1-4-8-18-10-13-6-7-16(17)14(9-13)15-11-20(5-2)19-12(15)3/h6-7,9,11,18H,4-5,8,10H2,1-3H3. The fourth-order valence-corrected chi connectivity index (χ4v) is 2.24. The van der Waals surface area contributed by atoms with Gasteiger partial charge in [0.05, 0.1) is 5.69 Å². The predicted molar refractivity (Wildman–Crippen MR) is 80.0 cm³/mol. The quantitative estimate of drug-likeness (QED) is 0.817. The fourth-order valence-electron chi connectivity index (χ4n) is 2.24. The maximum absolute atomic E-state index is 14.1. The third-order valence-electron chi connectivity index (χ3n) is 3.35. The fraction of sp³-hybridized carbons (Fsp3) is 0.438. The number of nitrogens with one attached hydrogen (secondary N) is 1. The molecule has 0 unspecified atom stereocenters. The van der Waals surface area contributed by atoms with Crippen LogP contribution in [-0.4, -0.2) is 16.3 Å². The summed E-state index contributed by atoms with van der Waals surface area (Å²) in [4.78, 5) is 0. The minimum atomic E-state index is -0.192. The van der Waals surface area contributed by atoms with E-state index in [1.165, 1.54) is 0 Å². The number of benzene rings is 1. The van der Waals surface area contributed by atoms with Crippen molar-refractivity contribution in [1.82, 2.24) is 15.1 Å². The van der Waals surface area contributed by atoms with Crippen LogP contribution in [0.2, 0.25) is 0 Å². The first-order valence-corrected chi connectivity index (χ1v) is 7.19. The Morgan fingerprint density at radius 1 is 1.25 bits per heavy atom. The van der Waals surface area contributed by atoms with Crippen LogP contribution in [-0.2, 0) is 13.1 Å². The highest BCUT2D eigenvalue weighted by Gasteiger charge is 2.12. The van der Waals surface area contributed by atoms with E-state index in [1.807, 2.05) is 36.9 Å². The molecule has 4 heteroatoms. The van der Waals surface area contributed by atoms with Crippen molar-refractivity contribution in [2.75, 3.05) is 6.54 Å². The van der Waals surface area contributed by atoms with Gasteiger partial charge in [0.1, 0.15) is 5.82 Å². The summed E-state index contributed by atoms with van der Waals surface area (Å²) in [6, 6.07) is 5.30. The number of nitrogens with zero attached hydrogens (tertiary/aromatic N) is 2. The Morgan fingerprint density at radius 2 is 2.05 bits per heavy atom. The van der Waals surface area contributed by atoms with Gasteiger partial charge in [-0.1, -0.05) is 13.0 Å². The largest absolute Gasteiger partial charge is 0.313 e. The third kappa shape index (κ3) is 3.25. The van der Waals surface area contributed by atoms with Gasteiger partial charge >= 0.3 is 0 Å². The molecule has 0 fully saturated rings. The molecule has 0 radical (unpaired) electrons. The molecule has 0 saturated heterocycles. The van der Waals surface area contributed by atoms with Gasteiger partial charge in [-0.3, -0.25) is 4.68 Å². The second kappa shape index (κ2) is 6.66. The van der Waals surface area contributed by atoms with Crippen molar-refractivity contribution >= 4 is 0 Å². The van der Waals surface area contributed by atoms with Gasteiger partial charge in [0.25, 0.3) is 0 Å².